The largest absolute Gasteiger partial charge is 0.295 e. The lowest BCUT2D eigenvalue weighted by Gasteiger charge is -2.13. The maximum Gasteiger partial charge on any atom is 0.159 e. The van der Waals surface area contributed by atoms with Gasteiger partial charge in [0.05, 0.1) is 0 Å². The van der Waals surface area contributed by atoms with Gasteiger partial charge < -0.3 is 0 Å². The molecule has 0 heterocycles. The van der Waals surface area contributed by atoms with Crippen molar-refractivity contribution in [3.05, 3.63) is 48.1 Å². The Morgan fingerprint density at radius 3 is 2.62 bits per heavy atom. The molecule has 1 nitrogen and oxygen atoms in total. The Balaban J connectivity index is 2.96. The predicted octanol–water partition coefficient (Wildman–Crippen LogP) is 2.96. The van der Waals surface area contributed by atoms with Crippen molar-refractivity contribution in [3.8, 4) is 0 Å². The van der Waals surface area contributed by atoms with Crippen LogP contribution in [0.4, 0.5) is 0 Å². The van der Waals surface area contributed by atoms with Gasteiger partial charge in [0.2, 0.25) is 0 Å². The molecule has 0 amide bonds. The minimum atomic E-state index is 0.0286. The van der Waals surface area contributed by atoms with Crippen molar-refractivity contribution < 1.29 is 4.79 Å². The molecule has 1 aliphatic rings. The molecule has 0 saturated heterocycles. The molecule has 0 fully saturated rings. The number of ketones is 1. The number of carbonyl (C=O) groups excluding carboxylic acids is 1. The van der Waals surface area contributed by atoms with Gasteiger partial charge in [0, 0.05) is 5.57 Å². The normalized spacial score (nSPS) is 15.8. The summed E-state index contributed by atoms with van der Waals surface area (Å²) in [6.45, 7) is 9.02. The average Bonchev–Trinajstić information content (AvgIpc) is 2.16. The lowest BCUT2D eigenvalue weighted by molar-refractivity contribution is -0.113. The van der Waals surface area contributed by atoms with Gasteiger partial charge in [-0.2, -0.15) is 0 Å². The zero-order chi connectivity index (χ0) is 9.84. The van der Waals surface area contributed by atoms with Crippen LogP contribution in [0.25, 0.3) is 0 Å². The fourth-order valence-electron chi connectivity index (χ4n) is 1.37. The number of hydrogen-bond donors (Lipinski definition) is 0. The fourth-order valence-corrected chi connectivity index (χ4v) is 1.37. The first-order valence-electron chi connectivity index (χ1n) is 4.40. The smallest absolute Gasteiger partial charge is 0.159 e. The van der Waals surface area contributed by atoms with E-state index in [0.29, 0.717) is 5.57 Å². The summed E-state index contributed by atoms with van der Waals surface area (Å²) in [4.78, 5) is 11.1. The van der Waals surface area contributed by atoms with Gasteiger partial charge in [-0.3, -0.25) is 4.79 Å². The number of hydrogen-bond acceptors (Lipinski definition) is 1. The quantitative estimate of drug-likeness (QED) is 0.601. The van der Waals surface area contributed by atoms with Crippen molar-refractivity contribution >= 4 is 5.78 Å². The van der Waals surface area contributed by atoms with Crippen LogP contribution in [0.5, 0.6) is 0 Å². The molecule has 13 heavy (non-hydrogen) atoms. The van der Waals surface area contributed by atoms with E-state index in [9.17, 15) is 4.79 Å². The van der Waals surface area contributed by atoms with E-state index in [1.807, 2.05) is 0 Å². The van der Waals surface area contributed by atoms with E-state index in [-0.39, 0.29) is 5.78 Å². The molecule has 0 aromatic rings. The zero-order valence-electron chi connectivity index (χ0n) is 7.97. The molecule has 1 heteroatoms. The van der Waals surface area contributed by atoms with Crippen LogP contribution in [-0.4, -0.2) is 5.78 Å². The SMILES string of the molecule is C=CC1=CCCC=C1C(=C)C(C)=O. The molecule has 1 rings (SSSR count). The molecule has 0 spiro atoms. The summed E-state index contributed by atoms with van der Waals surface area (Å²) in [5, 5.41) is 0. The van der Waals surface area contributed by atoms with E-state index in [4.69, 9.17) is 0 Å². The zero-order valence-corrected chi connectivity index (χ0v) is 7.97. The standard InChI is InChI=1S/C12H14O/c1-4-11-7-5-6-8-12(11)9(2)10(3)13/h4,7-8H,1-2,5-6H2,3H3. The van der Waals surface area contributed by atoms with Crippen LogP contribution < -0.4 is 0 Å². The summed E-state index contributed by atoms with van der Waals surface area (Å²) in [5.74, 6) is 0.0286. The Hall–Kier alpha value is -1.37. The molecular formula is C12H14O. The van der Waals surface area contributed by atoms with Crippen LogP contribution in [0.15, 0.2) is 48.1 Å². The molecule has 0 bridgehead atoms. The summed E-state index contributed by atoms with van der Waals surface area (Å²) in [6, 6.07) is 0. The van der Waals surface area contributed by atoms with Gasteiger partial charge in [-0.05, 0) is 30.9 Å². The van der Waals surface area contributed by atoms with Crippen molar-refractivity contribution in [1.29, 1.82) is 0 Å². The summed E-state index contributed by atoms with van der Waals surface area (Å²) >= 11 is 0. The Morgan fingerprint density at radius 2 is 2.08 bits per heavy atom. The lowest BCUT2D eigenvalue weighted by atomic mass is 9.91. The first-order valence-corrected chi connectivity index (χ1v) is 4.40. The topological polar surface area (TPSA) is 17.1 Å². The van der Waals surface area contributed by atoms with Gasteiger partial charge in [-0.15, -0.1) is 0 Å². The molecule has 0 aromatic carbocycles. The highest BCUT2D eigenvalue weighted by molar-refractivity contribution is 5.98. The van der Waals surface area contributed by atoms with Crippen LogP contribution in [0.1, 0.15) is 19.8 Å². The number of allylic oxidation sites excluding steroid dienone is 6. The summed E-state index contributed by atoms with van der Waals surface area (Å²) in [6.07, 6.45) is 7.94. The van der Waals surface area contributed by atoms with Crippen molar-refractivity contribution in [2.75, 3.05) is 0 Å². The second kappa shape index (κ2) is 4.04. The molecular weight excluding hydrogens is 160 g/mol. The first-order chi connectivity index (χ1) is 6.16. The average molecular weight is 174 g/mol. The van der Waals surface area contributed by atoms with Crippen LogP contribution in [0.3, 0.4) is 0 Å². The second-order valence-corrected chi connectivity index (χ2v) is 3.09. The molecule has 0 N–H and O–H groups in total. The molecule has 1 aliphatic carbocycles. The highest BCUT2D eigenvalue weighted by Crippen LogP contribution is 2.25. The molecule has 0 radical (unpaired) electrons. The molecule has 68 valence electrons. The third-order valence-corrected chi connectivity index (χ3v) is 2.16. The highest BCUT2D eigenvalue weighted by Gasteiger charge is 2.12. The maximum atomic E-state index is 11.1. The van der Waals surface area contributed by atoms with Crippen molar-refractivity contribution in [3.63, 3.8) is 0 Å². The van der Waals surface area contributed by atoms with Gasteiger partial charge in [0.25, 0.3) is 0 Å². The Kier molecular flexibility index (Phi) is 3.02. The van der Waals surface area contributed by atoms with Gasteiger partial charge in [-0.25, -0.2) is 0 Å². The number of carbonyl (C=O) groups is 1. The third kappa shape index (κ3) is 2.05. The van der Waals surface area contributed by atoms with E-state index in [2.05, 4.69) is 25.3 Å². The monoisotopic (exact) mass is 174 g/mol. The van der Waals surface area contributed by atoms with E-state index < -0.39 is 0 Å². The van der Waals surface area contributed by atoms with Crippen LogP contribution in [0, 0.1) is 0 Å². The van der Waals surface area contributed by atoms with Gasteiger partial charge in [-0.1, -0.05) is 31.4 Å². The van der Waals surface area contributed by atoms with E-state index in [0.717, 1.165) is 24.0 Å². The van der Waals surface area contributed by atoms with E-state index in [1.165, 1.54) is 0 Å². The predicted molar refractivity (Wildman–Crippen MR) is 55.4 cm³/mol. The summed E-state index contributed by atoms with van der Waals surface area (Å²) in [5.41, 5.74) is 2.58. The molecule has 0 saturated carbocycles. The highest BCUT2D eigenvalue weighted by atomic mass is 16.1. The Morgan fingerprint density at radius 1 is 1.46 bits per heavy atom. The summed E-state index contributed by atoms with van der Waals surface area (Å²) < 4.78 is 0. The fraction of sp³-hybridized carbons (Fsp3) is 0.250. The molecule has 0 unspecified atom stereocenters. The third-order valence-electron chi connectivity index (χ3n) is 2.16. The molecule has 0 atom stereocenters. The minimum Gasteiger partial charge on any atom is -0.295 e. The Bertz CT molecular complexity index is 316. The van der Waals surface area contributed by atoms with Crippen molar-refractivity contribution in [1.82, 2.24) is 0 Å². The van der Waals surface area contributed by atoms with Crippen LogP contribution in [-0.2, 0) is 4.79 Å². The first kappa shape index (κ1) is 9.72. The second-order valence-electron chi connectivity index (χ2n) is 3.09. The van der Waals surface area contributed by atoms with Gasteiger partial charge in [0.1, 0.15) is 0 Å². The molecule has 0 aromatic heterocycles. The summed E-state index contributed by atoms with van der Waals surface area (Å²) in [7, 11) is 0. The van der Waals surface area contributed by atoms with Gasteiger partial charge in [0.15, 0.2) is 5.78 Å². The van der Waals surface area contributed by atoms with Crippen LogP contribution >= 0.6 is 0 Å². The minimum absolute atomic E-state index is 0.0286. The van der Waals surface area contributed by atoms with Crippen LogP contribution in [0.2, 0.25) is 0 Å². The molecule has 0 aliphatic heterocycles. The van der Waals surface area contributed by atoms with Gasteiger partial charge >= 0.3 is 0 Å². The maximum absolute atomic E-state index is 11.1. The number of Topliss-reactive ketones (excluding diaryl/α,β-unsaturated/α-hetero) is 1. The lowest BCUT2D eigenvalue weighted by Crippen LogP contribution is -2.02. The van der Waals surface area contributed by atoms with Crippen molar-refractivity contribution in [2.45, 2.75) is 19.8 Å². The Labute approximate surface area is 79.2 Å². The number of rotatable bonds is 3. The van der Waals surface area contributed by atoms with E-state index >= 15 is 0 Å². The van der Waals surface area contributed by atoms with E-state index in [1.54, 1.807) is 13.0 Å². The van der Waals surface area contributed by atoms with Crippen molar-refractivity contribution in [2.24, 2.45) is 0 Å².